The molecule has 0 saturated heterocycles. The lowest BCUT2D eigenvalue weighted by molar-refractivity contribution is 0.0960. The highest BCUT2D eigenvalue weighted by atomic mass is 16.5. The number of hydrogen-bond acceptors (Lipinski definition) is 2. The van der Waals surface area contributed by atoms with Gasteiger partial charge in [-0.25, -0.2) is 0 Å². The topological polar surface area (TPSA) is 31.2 Å². The molecule has 3 heteroatoms. The fraction of sp³-hybridized carbons (Fsp3) is 0.154. The van der Waals surface area contributed by atoms with Crippen molar-refractivity contribution in [2.75, 3.05) is 7.11 Å². The van der Waals surface area contributed by atoms with Gasteiger partial charge in [0.15, 0.2) is 0 Å². The molecule has 0 fully saturated rings. The smallest absolute Gasteiger partial charge is 0.257 e. The Morgan fingerprint density at radius 3 is 2.75 bits per heavy atom. The van der Waals surface area contributed by atoms with E-state index >= 15 is 0 Å². The lowest BCUT2D eigenvalue weighted by Gasteiger charge is -2.04. The summed E-state index contributed by atoms with van der Waals surface area (Å²) in [6.45, 7) is 5.36. The number of hydrogen-bond donors (Lipinski definition) is 0. The van der Waals surface area contributed by atoms with Crippen LogP contribution in [0.3, 0.4) is 0 Å². The van der Waals surface area contributed by atoms with Gasteiger partial charge in [0.25, 0.3) is 5.91 Å². The van der Waals surface area contributed by atoms with Crippen molar-refractivity contribution in [3.63, 3.8) is 0 Å². The number of aromatic nitrogens is 1. The second kappa shape index (κ2) is 3.85. The summed E-state index contributed by atoms with van der Waals surface area (Å²) >= 11 is 0. The second-order valence-electron chi connectivity index (χ2n) is 3.70. The Morgan fingerprint density at radius 2 is 2.12 bits per heavy atom. The Kier molecular flexibility index (Phi) is 2.52. The van der Waals surface area contributed by atoms with E-state index in [1.54, 1.807) is 24.8 Å². The maximum atomic E-state index is 11.8. The van der Waals surface area contributed by atoms with Crippen LogP contribution >= 0.6 is 0 Å². The van der Waals surface area contributed by atoms with Crippen LogP contribution in [0.15, 0.2) is 42.6 Å². The van der Waals surface area contributed by atoms with Crippen LogP contribution in [0.4, 0.5) is 0 Å². The Bertz CT molecular complexity index is 566. The number of benzene rings is 1. The van der Waals surface area contributed by atoms with E-state index in [2.05, 4.69) is 6.58 Å². The number of methoxy groups -OCH3 is 1. The van der Waals surface area contributed by atoms with Gasteiger partial charge >= 0.3 is 0 Å². The van der Waals surface area contributed by atoms with Crippen molar-refractivity contribution in [3.05, 3.63) is 42.6 Å². The normalized spacial score (nSPS) is 10.4. The maximum absolute atomic E-state index is 11.8. The van der Waals surface area contributed by atoms with Gasteiger partial charge in [0.1, 0.15) is 5.75 Å². The molecule has 0 aliphatic heterocycles. The monoisotopic (exact) mass is 215 g/mol. The van der Waals surface area contributed by atoms with Crippen LogP contribution in [-0.4, -0.2) is 17.6 Å². The van der Waals surface area contributed by atoms with E-state index in [0.717, 1.165) is 16.7 Å². The molecule has 2 aromatic rings. The zero-order chi connectivity index (χ0) is 11.7. The molecule has 1 aromatic carbocycles. The summed E-state index contributed by atoms with van der Waals surface area (Å²) < 4.78 is 6.72. The molecule has 0 spiro atoms. The minimum atomic E-state index is -0.0832. The molecule has 3 nitrogen and oxygen atoms in total. The molecule has 0 unspecified atom stereocenters. The van der Waals surface area contributed by atoms with Crippen LogP contribution in [0.2, 0.25) is 0 Å². The van der Waals surface area contributed by atoms with Crippen molar-refractivity contribution >= 4 is 16.8 Å². The van der Waals surface area contributed by atoms with Crippen LogP contribution in [-0.2, 0) is 0 Å². The first kappa shape index (κ1) is 10.5. The number of fused-ring (bicyclic) bond motifs is 1. The van der Waals surface area contributed by atoms with E-state index in [4.69, 9.17) is 4.74 Å². The first-order valence-corrected chi connectivity index (χ1v) is 4.99. The Morgan fingerprint density at radius 1 is 1.38 bits per heavy atom. The van der Waals surface area contributed by atoms with Crippen LogP contribution in [0.1, 0.15) is 11.7 Å². The molecule has 1 aromatic heterocycles. The molecule has 82 valence electrons. The predicted molar refractivity (Wildman–Crippen MR) is 63.9 cm³/mol. The fourth-order valence-electron chi connectivity index (χ4n) is 1.63. The number of ether oxygens (including phenoxy) is 1. The van der Waals surface area contributed by atoms with Gasteiger partial charge in [-0.1, -0.05) is 6.58 Å². The van der Waals surface area contributed by atoms with Gasteiger partial charge < -0.3 is 4.74 Å². The van der Waals surface area contributed by atoms with Gasteiger partial charge in [-0.05, 0) is 31.2 Å². The Balaban J connectivity index is 2.58. The zero-order valence-corrected chi connectivity index (χ0v) is 9.36. The largest absolute Gasteiger partial charge is 0.497 e. The second-order valence-corrected chi connectivity index (χ2v) is 3.70. The summed E-state index contributed by atoms with van der Waals surface area (Å²) in [7, 11) is 1.62. The van der Waals surface area contributed by atoms with Crippen LogP contribution in [0, 0.1) is 0 Å². The summed E-state index contributed by atoms with van der Waals surface area (Å²) in [5, 5.41) is 0.981. The van der Waals surface area contributed by atoms with Gasteiger partial charge in [-0.2, -0.15) is 0 Å². The van der Waals surface area contributed by atoms with Crippen LogP contribution in [0.5, 0.6) is 5.75 Å². The molecule has 0 bridgehead atoms. The molecule has 16 heavy (non-hydrogen) atoms. The molecule has 0 N–H and O–H groups in total. The first-order valence-electron chi connectivity index (χ1n) is 4.99. The highest BCUT2D eigenvalue weighted by molar-refractivity contribution is 6.01. The van der Waals surface area contributed by atoms with E-state index in [-0.39, 0.29) is 5.91 Å². The molecular weight excluding hydrogens is 202 g/mol. The number of rotatable bonds is 2. The highest BCUT2D eigenvalue weighted by Crippen LogP contribution is 2.22. The minimum Gasteiger partial charge on any atom is -0.497 e. The zero-order valence-electron chi connectivity index (χ0n) is 9.36. The third-order valence-corrected chi connectivity index (χ3v) is 2.48. The molecule has 0 atom stereocenters. The highest BCUT2D eigenvalue weighted by Gasteiger charge is 2.09. The minimum absolute atomic E-state index is 0.0832. The van der Waals surface area contributed by atoms with Crippen molar-refractivity contribution in [1.82, 2.24) is 4.57 Å². The summed E-state index contributed by atoms with van der Waals surface area (Å²) in [6.07, 6.45) is 1.75. The van der Waals surface area contributed by atoms with E-state index in [1.165, 1.54) is 0 Å². The quantitative estimate of drug-likeness (QED) is 0.721. The average molecular weight is 215 g/mol. The molecule has 1 heterocycles. The van der Waals surface area contributed by atoms with Crippen molar-refractivity contribution in [1.29, 1.82) is 0 Å². The Labute approximate surface area is 93.9 Å². The molecule has 0 aliphatic rings. The molecule has 0 saturated carbocycles. The van der Waals surface area contributed by atoms with Crippen molar-refractivity contribution in [3.8, 4) is 5.75 Å². The van der Waals surface area contributed by atoms with Crippen LogP contribution < -0.4 is 4.74 Å². The van der Waals surface area contributed by atoms with E-state index in [1.807, 2.05) is 24.3 Å². The summed E-state index contributed by atoms with van der Waals surface area (Å²) in [4.78, 5) is 11.8. The van der Waals surface area contributed by atoms with Crippen molar-refractivity contribution in [2.24, 2.45) is 0 Å². The lowest BCUT2D eigenvalue weighted by Crippen LogP contribution is -2.09. The molecule has 0 radical (unpaired) electrons. The van der Waals surface area contributed by atoms with Crippen LogP contribution in [0.25, 0.3) is 10.9 Å². The number of allylic oxidation sites excluding steroid dienone is 1. The molecular formula is C13H13NO2. The van der Waals surface area contributed by atoms with Crippen molar-refractivity contribution < 1.29 is 9.53 Å². The molecule has 0 amide bonds. The van der Waals surface area contributed by atoms with Gasteiger partial charge in [0.2, 0.25) is 0 Å². The standard InChI is InChI=1S/C13H13NO2/c1-9(2)13(15)14-7-6-10-8-11(16-3)4-5-12(10)14/h4-8H,1H2,2-3H3. The first-order chi connectivity index (χ1) is 7.63. The van der Waals surface area contributed by atoms with Gasteiger partial charge in [0, 0.05) is 17.2 Å². The summed E-state index contributed by atoms with van der Waals surface area (Å²) in [6, 6.07) is 7.50. The number of carbonyl (C=O) groups excluding carboxylic acids is 1. The van der Waals surface area contributed by atoms with E-state index in [9.17, 15) is 4.79 Å². The summed E-state index contributed by atoms with van der Waals surface area (Å²) in [5.74, 6) is 0.702. The SMILES string of the molecule is C=C(C)C(=O)n1ccc2cc(OC)ccc21. The summed E-state index contributed by atoms with van der Waals surface area (Å²) in [5.41, 5.74) is 1.39. The van der Waals surface area contributed by atoms with E-state index in [0.29, 0.717) is 5.57 Å². The van der Waals surface area contributed by atoms with E-state index < -0.39 is 0 Å². The molecule has 0 aliphatic carbocycles. The van der Waals surface area contributed by atoms with Gasteiger partial charge in [-0.15, -0.1) is 0 Å². The predicted octanol–water partition coefficient (Wildman–Crippen LogP) is 2.87. The fourth-order valence-corrected chi connectivity index (χ4v) is 1.63. The number of carbonyl (C=O) groups is 1. The third-order valence-electron chi connectivity index (χ3n) is 2.48. The maximum Gasteiger partial charge on any atom is 0.257 e. The molecule has 2 rings (SSSR count). The number of nitrogens with zero attached hydrogens (tertiary/aromatic N) is 1. The lowest BCUT2D eigenvalue weighted by atomic mass is 10.2. The van der Waals surface area contributed by atoms with Gasteiger partial charge in [-0.3, -0.25) is 9.36 Å². The van der Waals surface area contributed by atoms with Crippen molar-refractivity contribution in [2.45, 2.75) is 6.92 Å². The third kappa shape index (κ3) is 1.60. The average Bonchev–Trinajstić information content (AvgIpc) is 2.70. The van der Waals surface area contributed by atoms with Gasteiger partial charge in [0.05, 0.1) is 12.6 Å². The Hall–Kier alpha value is -2.03.